The Labute approximate surface area is 145 Å². The van der Waals surface area contributed by atoms with E-state index >= 15 is 0 Å². The molecule has 0 saturated heterocycles. The summed E-state index contributed by atoms with van der Waals surface area (Å²) in [5.41, 5.74) is 0.779. The number of aryl methyl sites for hydroxylation is 1. The molecule has 0 saturated carbocycles. The number of aromatic amines is 1. The van der Waals surface area contributed by atoms with Gasteiger partial charge in [-0.2, -0.15) is 14.9 Å². The molecule has 1 heterocycles. The van der Waals surface area contributed by atoms with E-state index in [0.717, 1.165) is 24.2 Å². The van der Waals surface area contributed by atoms with E-state index in [9.17, 15) is 0 Å². The molecule has 0 spiro atoms. The van der Waals surface area contributed by atoms with E-state index in [4.69, 9.17) is 33.3 Å². The number of halogens is 1. The molecule has 0 radical (unpaired) electrons. The van der Waals surface area contributed by atoms with Gasteiger partial charge in [0, 0.05) is 6.42 Å². The Bertz CT molecular complexity index is 754. The number of rotatable bonds is 7. The number of nitrogens with zero attached hydrogens (tertiary/aromatic N) is 3. The van der Waals surface area contributed by atoms with Crippen molar-refractivity contribution >= 4 is 30.0 Å². The quantitative estimate of drug-likeness (QED) is 0.606. The van der Waals surface area contributed by atoms with Gasteiger partial charge in [0.05, 0.1) is 25.0 Å². The number of methoxy groups -OCH3 is 1. The minimum Gasteiger partial charge on any atom is -0.493 e. The second kappa shape index (κ2) is 8.12. The minimum atomic E-state index is 0.452. The third kappa shape index (κ3) is 4.11. The van der Waals surface area contributed by atoms with Crippen LogP contribution >= 0.6 is 23.8 Å². The van der Waals surface area contributed by atoms with Gasteiger partial charge in [-0.25, -0.2) is 0 Å². The number of ether oxygens (including phenoxy) is 2. The summed E-state index contributed by atoms with van der Waals surface area (Å²) in [6.45, 7) is 4.47. The Hall–Kier alpha value is -1.86. The first-order valence-corrected chi connectivity index (χ1v) is 8.10. The van der Waals surface area contributed by atoms with Crippen molar-refractivity contribution in [3.05, 3.63) is 33.3 Å². The molecule has 0 aliphatic rings. The molecular formula is C15H19ClN4O2S. The molecule has 1 aromatic heterocycles. The highest BCUT2D eigenvalue weighted by Crippen LogP contribution is 2.35. The monoisotopic (exact) mass is 354 g/mol. The molecule has 0 atom stereocenters. The summed E-state index contributed by atoms with van der Waals surface area (Å²) in [5.74, 6) is 1.88. The van der Waals surface area contributed by atoms with Crippen LogP contribution in [0.4, 0.5) is 0 Å². The number of H-pyrrole nitrogens is 1. The highest BCUT2D eigenvalue weighted by atomic mass is 35.5. The van der Waals surface area contributed by atoms with Crippen molar-refractivity contribution in [2.24, 2.45) is 5.10 Å². The molecule has 8 heteroatoms. The van der Waals surface area contributed by atoms with Crippen LogP contribution in [0.2, 0.25) is 5.02 Å². The second-order valence-corrected chi connectivity index (χ2v) is 5.51. The Balaban J connectivity index is 2.35. The van der Waals surface area contributed by atoms with Gasteiger partial charge in [-0.15, -0.1) is 0 Å². The van der Waals surface area contributed by atoms with Crippen molar-refractivity contribution in [3.63, 3.8) is 0 Å². The third-order valence-electron chi connectivity index (χ3n) is 3.05. The van der Waals surface area contributed by atoms with E-state index in [-0.39, 0.29) is 0 Å². The first-order valence-electron chi connectivity index (χ1n) is 7.31. The summed E-state index contributed by atoms with van der Waals surface area (Å²) < 4.78 is 12.9. The Kier molecular flexibility index (Phi) is 6.18. The van der Waals surface area contributed by atoms with Crippen LogP contribution in [0.5, 0.6) is 11.5 Å². The third-order valence-corrected chi connectivity index (χ3v) is 3.60. The van der Waals surface area contributed by atoms with Crippen LogP contribution in [0.15, 0.2) is 17.2 Å². The smallest absolute Gasteiger partial charge is 0.216 e. The fourth-order valence-corrected chi connectivity index (χ4v) is 2.52. The summed E-state index contributed by atoms with van der Waals surface area (Å²) in [4.78, 5) is 0. The van der Waals surface area contributed by atoms with Gasteiger partial charge in [0.2, 0.25) is 4.77 Å². The zero-order valence-electron chi connectivity index (χ0n) is 13.3. The Morgan fingerprint density at radius 1 is 1.43 bits per heavy atom. The van der Waals surface area contributed by atoms with Crippen LogP contribution < -0.4 is 9.47 Å². The average Bonchev–Trinajstić information content (AvgIpc) is 2.88. The average molecular weight is 355 g/mol. The van der Waals surface area contributed by atoms with Gasteiger partial charge in [-0.1, -0.05) is 18.5 Å². The van der Waals surface area contributed by atoms with Gasteiger partial charge in [0.25, 0.3) is 0 Å². The minimum absolute atomic E-state index is 0.452. The maximum atomic E-state index is 6.25. The van der Waals surface area contributed by atoms with E-state index < -0.39 is 0 Å². The highest BCUT2D eigenvalue weighted by Gasteiger charge is 2.11. The van der Waals surface area contributed by atoms with Gasteiger partial charge in [-0.3, -0.25) is 5.10 Å². The van der Waals surface area contributed by atoms with Crippen molar-refractivity contribution in [2.45, 2.75) is 26.7 Å². The molecule has 6 nitrogen and oxygen atoms in total. The lowest BCUT2D eigenvalue weighted by Crippen LogP contribution is -2.00. The molecule has 0 aliphatic carbocycles. The molecule has 0 amide bonds. The largest absolute Gasteiger partial charge is 0.493 e. The number of benzene rings is 1. The lowest BCUT2D eigenvalue weighted by Gasteiger charge is -2.11. The first-order chi connectivity index (χ1) is 11.1. The van der Waals surface area contributed by atoms with Crippen molar-refractivity contribution in [2.75, 3.05) is 13.7 Å². The molecule has 2 rings (SSSR count). The van der Waals surface area contributed by atoms with E-state index in [1.807, 2.05) is 13.0 Å². The first kappa shape index (κ1) is 17.5. The summed E-state index contributed by atoms with van der Waals surface area (Å²) in [5, 5.41) is 11.8. The fourth-order valence-electron chi connectivity index (χ4n) is 2.05. The highest BCUT2D eigenvalue weighted by molar-refractivity contribution is 7.71. The lowest BCUT2D eigenvalue weighted by atomic mass is 10.2. The molecule has 0 unspecified atom stereocenters. The zero-order valence-corrected chi connectivity index (χ0v) is 14.9. The molecule has 124 valence electrons. The van der Waals surface area contributed by atoms with Crippen molar-refractivity contribution in [1.29, 1.82) is 0 Å². The van der Waals surface area contributed by atoms with Gasteiger partial charge in [0.15, 0.2) is 17.3 Å². The SMILES string of the molecule is CCCc1n[nH]c(=S)n1/N=C\c1cc(Cl)c(OCC)c(OC)c1. The van der Waals surface area contributed by atoms with Crippen molar-refractivity contribution in [1.82, 2.24) is 14.9 Å². The van der Waals surface area contributed by atoms with Gasteiger partial charge in [-0.05, 0) is 43.3 Å². The van der Waals surface area contributed by atoms with Crippen molar-refractivity contribution in [3.8, 4) is 11.5 Å². The van der Waals surface area contributed by atoms with Crippen LogP contribution in [0.1, 0.15) is 31.7 Å². The zero-order chi connectivity index (χ0) is 16.8. The molecule has 0 aliphatic heterocycles. The molecule has 1 aromatic carbocycles. The van der Waals surface area contributed by atoms with E-state index in [0.29, 0.717) is 27.9 Å². The van der Waals surface area contributed by atoms with Crippen LogP contribution in [-0.4, -0.2) is 34.8 Å². The Morgan fingerprint density at radius 3 is 2.87 bits per heavy atom. The maximum absolute atomic E-state index is 6.25. The molecular weight excluding hydrogens is 336 g/mol. The van der Waals surface area contributed by atoms with Crippen LogP contribution in [0.3, 0.4) is 0 Å². The lowest BCUT2D eigenvalue weighted by molar-refractivity contribution is 0.311. The van der Waals surface area contributed by atoms with Crippen LogP contribution in [0, 0.1) is 4.77 Å². The fraction of sp³-hybridized carbons (Fsp3) is 0.400. The standard InChI is InChI=1S/C15H19ClN4O2S/c1-4-6-13-18-19-15(23)20(13)17-9-10-7-11(16)14(22-5-2)12(8-10)21-3/h7-9H,4-6H2,1-3H3,(H,19,23)/b17-9-. The normalized spacial score (nSPS) is 11.1. The molecule has 23 heavy (non-hydrogen) atoms. The molecule has 1 N–H and O–H groups in total. The number of hydrogen-bond acceptors (Lipinski definition) is 5. The predicted octanol–water partition coefficient (Wildman–Crippen LogP) is 3.84. The van der Waals surface area contributed by atoms with Gasteiger partial charge in [0.1, 0.15) is 0 Å². The van der Waals surface area contributed by atoms with Gasteiger partial charge < -0.3 is 9.47 Å². The van der Waals surface area contributed by atoms with Crippen LogP contribution in [-0.2, 0) is 6.42 Å². The van der Waals surface area contributed by atoms with E-state index in [1.165, 1.54) is 0 Å². The van der Waals surface area contributed by atoms with Crippen LogP contribution in [0.25, 0.3) is 0 Å². The summed E-state index contributed by atoms with van der Waals surface area (Å²) in [7, 11) is 1.57. The molecule has 2 aromatic rings. The maximum Gasteiger partial charge on any atom is 0.216 e. The number of aromatic nitrogens is 3. The summed E-state index contributed by atoms with van der Waals surface area (Å²) in [6, 6.07) is 3.57. The van der Waals surface area contributed by atoms with Crippen molar-refractivity contribution < 1.29 is 9.47 Å². The van der Waals surface area contributed by atoms with E-state index in [1.54, 1.807) is 24.1 Å². The summed E-state index contributed by atoms with van der Waals surface area (Å²) >= 11 is 11.4. The molecule has 0 fully saturated rings. The second-order valence-electron chi connectivity index (χ2n) is 4.72. The topological polar surface area (TPSA) is 64.4 Å². The number of nitrogens with one attached hydrogen (secondary N) is 1. The van der Waals surface area contributed by atoms with Gasteiger partial charge >= 0.3 is 0 Å². The number of hydrogen-bond donors (Lipinski definition) is 1. The molecule has 0 bridgehead atoms. The summed E-state index contributed by atoms with van der Waals surface area (Å²) in [6.07, 6.45) is 3.41. The Morgan fingerprint density at radius 2 is 2.22 bits per heavy atom. The van der Waals surface area contributed by atoms with E-state index in [2.05, 4.69) is 22.2 Å². The predicted molar refractivity (Wildman–Crippen MR) is 93.6 cm³/mol.